The van der Waals surface area contributed by atoms with E-state index < -0.39 is 0 Å². The number of ether oxygens (including phenoxy) is 1. The monoisotopic (exact) mass is 303 g/mol. The Hall–Kier alpha value is -2.08. The average Bonchev–Trinajstić information content (AvgIpc) is 2.86. The van der Waals surface area contributed by atoms with E-state index in [9.17, 15) is 4.79 Å². The van der Waals surface area contributed by atoms with Gasteiger partial charge in [0, 0.05) is 12.1 Å². The van der Waals surface area contributed by atoms with E-state index in [1.165, 1.54) is 11.8 Å². The Morgan fingerprint density at radius 1 is 1.48 bits per heavy atom. The van der Waals surface area contributed by atoms with Crippen LogP contribution >= 0.6 is 11.8 Å². The number of thioether (sulfide) groups is 1. The molecule has 0 N–H and O–H groups in total. The van der Waals surface area contributed by atoms with Gasteiger partial charge in [-0.2, -0.15) is 0 Å². The Balaban J connectivity index is 2.05. The number of Topliss-reactive ketones (excluding diaryl/α,β-unsaturated/α-hetero) is 1. The molecule has 0 aliphatic rings. The summed E-state index contributed by atoms with van der Waals surface area (Å²) >= 11 is 1.38. The first-order chi connectivity index (χ1) is 10.2. The van der Waals surface area contributed by atoms with Gasteiger partial charge in [0.05, 0.1) is 12.9 Å². The van der Waals surface area contributed by atoms with Crippen molar-refractivity contribution < 1.29 is 9.53 Å². The lowest BCUT2D eigenvalue weighted by Gasteiger charge is -2.06. The molecule has 1 heterocycles. The van der Waals surface area contributed by atoms with Gasteiger partial charge in [0.1, 0.15) is 11.6 Å². The number of allylic oxidation sites excluding steroid dienone is 1. The van der Waals surface area contributed by atoms with Crippen LogP contribution in [0.2, 0.25) is 0 Å². The van der Waals surface area contributed by atoms with Crippen molar-refractivity contribution in [3.8, 4) is 5.75 Å². The molecule has 0 saturated carbocycles. The third-order valence-corrected chi connectivity index (χ3v) is 3.90. The SMILES string of the molecule is C=CCn1c(C)nnc1SCC(=O)c1cccc(OC)c1. The van der Waals surface area contributed by atoms with Crippen LogP contribution in [0.5, 0.6) is 5.75 Å². The number of hydrogen-bond donors (Lipinski definition) is 0. The predicted molar refractivity (Wildman–Crippen MR) is 83.0 cm³/mol. The molecular formula is C15H17N3O2S. The highest BCUT2D eigenvalue weighted by Crippen LogP contribution is 2.20. The lowest BCUT2D eigenvalue weighted by molar-refractivity contribution is 0.102. The van der Waals surface area contributed by atoms with Crippen LogP contribution in [0.4, 0.5) is 0 Å². The number of aryl methyl sites for hydroxylation is 1. The van der Waals surface area contributed by atoms with E-state index in [1.54, 1.807) is 31.4 Å². The summed E-state index contributed by atoms with van der Waals surface area (Å²) in [5.41, 5.74) is 0.633. The lowest BCUT2D eigenvalue weighted by Crippen LogP contribution is -2.05. The van der Waals surface area contributed by atoms with Crippen LogP contribution in [0.1, 0.15) is 16.2 Å². The zero-order valence-electron chi connectivity index (χ0n) is 12.1. The molecule has 0 saturated heterocycles. The fourth-order valence-electron chi connectivity index (χ4n) is 1.82. The smallest absolute Gasteiger partial charge is 0.191 e. The number of aromatic nitrogens is 3. The fraction of sp³-hybridized carbons (Fsp3) is 0.267. The second kappa shape index (κ2) is 7.08. The van der Waals surface area contributed by atoms with Gasteiger partial charge >= 0.3 is 0 Å². The van der Waals surface area contributed by atoms with Crippen LogP contribution in [-0.4, -0.2) is 33.4 Å². The van der Waals surface area contributed by atoms with Gasteiger partial charge < -0.3 is 9.30 Å². The Labute approximate surface area is 128 Å². The van der Waals surface area contributed by atoms with Gasteiger partial charge in [-0.25, -0.2) is 0 Å². The quantitative estimate of drug-likeness (QED) is 0.447. The first-order valence-electron chi connectivity index (χ1n) is 6.46. The summed E-state index contributed by atoms with van der Waals surface area (Å²) in [6.45, 7) is 6.23. The summed E-state index contributed by atoms with van der Waals surface area (Å²) < 4.78 is 7.05. The highest BCUT2D eigenvalue weighted by molar-refractivity contribution is 7.99. The van der Waals surface area contributed by atoms with Crippen LogP contribution < -0.4 is 4.74 Å². The molecule has 0 aliphatic carbocycles. The van der Waals surface area contributed by atoms with Gasteiger partial charge in [-0.15, -0.1) is 16.8 Å². The fourth-order valence-corrected chi connectivity index (χ4v) is 2.71. The zero-order chi connectivity index (χ0) is 15.2. The van der Waals surface area contributed by atoms with E-state index in [0.717, 1.165) is 11.0 Å². The van der Waals surface area contributed by atoms with Gasteiger partial charge in [-0.3, -0.25) is 4.79 Å². The van der Waals surface area contributed by atoms with Crippen LogP contribution in [0, 0.1) is 6.92 Å². The van der Waals surface area contributed by atoms with E-state index in [1.807, 2.05) is 17.6 Å². The van der Waals surface area contributed by atoms with E-state index in [0.29, 0.717) is 23.6 Å². The largest absolute Gasteiger partial charge is 0.497 e. The van der Waals surface area contributed by atoms with Crippen LogP contribution in [0.25, 0.3) is 0 Å². The molecule has 21 heavy (non-hydrogen) atoms. The summed E-state index contributed by atoms with van der Waals surface area (Å²) in [4.78, 5) is 12.2. The number of carbonyl (C=O) groups is 1. The third-order valence-electron chi connectivity index (χ3n) is 2.94. The maximum absolute atomic E-state index is 12.2. The Morgan fingerprint density at radius 2 is 2.29 bits per heavy atom. The summed E-state index contributed by atoms with van der Waals surface area (Å²) in [5.74, 6) is 1.83. The second-order valence-electron chi connectivity index (χ2n) is 4.37. The molecule has 0 unspecified atom stereocenters. The maximum Gasteiger partial charge on any atom is 0.191 e. The third kappa shape index (κ3) is 3.72. The molecule has 0 bridgehead atoms. The second-order valence-corrected chi connectivity index (χ2v) is 5.32. The number of rotatable bonds is 7. The molecule has 1 aromatic carbocycles. The van der Waals surface area contributed by atoms with E-state index in [2.05, 4.69) is 16.8 Å². The first-order valence-corrected chi connectivity index (χ1v) is 7.45. The van der Waals surface area contributed by atoms with Crippen molar-refractivity contribution in [3.05, 3.63) is 48.3 Å². The van der Waals surface area contributed by atoms with Gasteiger partial charge in [0.2, 0.25) is 0 Å². The number of carbonyl (C=O) groups excluding carboxylic acids is 1. The number of methoxy groups -OCH3 is 1. The van der Waals surface area contributed by atoms with Crippen LogP contribution in [0.15, 0.2) is 42.1 Å². The maximum atomic E-state index is 12.2. The zero-order valence-corrected chi connectivity index (χ0v) is 12.9. The van der Waals surface area contributed by atoms with Crippen LogP contribution in [0.3, 0.4) is 0 Å². The first kappa shape index (κ1) is 15.3. The molecular weight excluding hydrogens is 286 g/mol. The van der Waals surface area contributed by atoms with Crippen molar-refractivity contribution in [2.24, 2.45) is 0 Å². The molecule has 1 aromatic heterocycles. The highest BCUT2D eigenvalue weighted by atomic mass is 32.2. The summed E-state index contributed by atoms with van der Waals surface area (Å²) in [6.07, 6.45) is 1.78. The Kier molecular flexibility index (Phi) is 5.16. The van der Waals surface area contributed by atoms with E-state index in [-0.39, 0.29) is 5.78 Å². The van der Waals surface area contributed by atoms with Crippen molar-refractivity contribution in [1.82, 2.24) is 14.8 Å². The van der Waals surface area contributed by atoms with Gasteiger partial charge in [-0.05, 0) is 19.1 Å². The molecule has 0 radical (unpaired) electrons. The molecule has 0 fully saturated rings. The standard InChI is InChI=1S/C15H17N3O2S/c1-4-8-18-11(2)16-17-15(18)21-10-14(19)12-6-5-7-13(9-12)20-3/h4-7,9H,1,8,10H2,2-3H3. The minimum Gasteiger partial charge on any atom is -0.497 e. The number of benzene rings is 1. The normalized spacial score (nSPS) is 10.4. The van der Waals surface area contributed by atoms with Crippen LogP contribution in [-0.2, 0) is 6.54 Å². The Morgan fingerprint density at radius 3 is 3.00 bits per heavy atom. The molecule has 0 spiro atoms. The molecule has 0 atom stereocenters. The number of hydrogen-bond acceptors (Lipinski definition) is 5. The Bertz CT molecular complexity index is 652. The van der Waals surface area contributed by atoms with Gasteiger partial charge in [-0.1, -0.05) is 30.0 Å². The van der Waals surface area contributed by atoms with Crippen molar-refractivity contribution in [1.29, 1.82) is 0 Å². The molecule has 2 rings (SSSR count). The lowest BCUT2D eigenvalue weighted by atomic mass is 10.1. The summed E-state index contributed by atoms with van der Waals surface area (Å²) in [6, 6.07) is 7.14. The minimum absolute atomic E-state index is 0.0321. The van der Waals surface area contributed by atoms with Crippen molar-refractivity contribution in [2.45, 2.75) is 18.6 Å². The summed E-state index contributed by atoms with van der Waals surface area (Å²) in [5, 5.41) is 8.84. The number of nitrogens with zero attached hydrogens (tertiary/aromatic N) is 3. The molecule has 0 amide bonds. The molecule has 2 aromatic rings. The van der Waals surface area contributed by atoms with Crippen molar-refractivity contribution in [2.75, 3.05) is 12.9 Å². The van der Waals surface area contributed by atoms with Crippen molar-refractivity contribution in [3.63, 3.8) is 0 Å². The average molecular weight is 303 g/mol. The topological polar surface area (TPSA) is 57.0 Å². The molecule has 6 heteroatoms. The highest BCUT2D eigenvalue weighted by Gasteiger charge is 2.12. The van der Waals surface area contributed by atoms with Gasteiger partial charge in [0.15, 0.2) is 10.9 Å². The van der Waals surface area contributed by atoms with Gasteiger partial charge in [0.25, 0.3) is 0 Å². The molecule has 0 aliphatic heterocycles. The molecule has 110 valence electrons. The van der Waals surface area contributed by atoms with E-state index in [4.69, 9.17) is 4.74 Å². The summed E-state index contributed by atoms with van der Waals surface area (Å²) in [7, 11) is 1.58. The van der Waals surface area contributed by atoms with E-state index >= 15 is 0 Å². The minimum atomic E-state index is 0.0321. The molecule has 5 nitrogen and oxygen atoms in total. The predicted octanol–water partition coefficient (Wildman–Crippen LogP) is 2.76. The number of ketones is 1. The van der Waals surface area contributed by atoms with Crippen molar-refractivity contribution >= 4 is 17.5 Å².